The fourth-order valence-electron chi connectivity index (χ4n) is 8.25. The van der Waals surface area contributed by atoms with Crippen molar-refractivity contribution in [3.63, 3.8) is 0 Å². The minimum absolute atomic E-state index is 0.346. The smallest absolute Gasteiger partial charge is 0.152 e. The van der Waals surface area contributed by atoms with Gasteiger partial charge in [-0.2, -0.15) is 0 Å². The lowest BCUT2D eigenvalue weighted by molar-refractivity contribution is 0.471. The van der Waals surface area contributed by atoms with Crippen LogP contribution < -0.4 is 9.47 Å². The number of ether oxygens (including phenoxy) is 2. The van der Waals surface area contributed by atoms with E-state index < -0.39 is 0 Å². The Bertz CT molecular complexity index is 2520. The molecule has 2 aromatic heterocycles. The Morgan fingerprint density at radius 1 is 0.617 bits per heavy atom. The van der Waals surface area contributed by atoms with Crippen LogP contribution >= 0.6 is 0 Å². The van der Waals surface area contributed by atoms with Crippen molar-refractivity contribution in [2.24, 2.45) is 5.92 Å². The van der Waals surface area contributed by atoms with E-state index in [9.17, 15) is 0 Å². The number of rotatable bonds is 3. The quantitative estimate of drug-likeness (QED) is 0.199. The molecule has 0 radical (unpaired) electrons. The van der Waals surface area contributed by atoms with Crippen molar-refractivity contribution < 1.29 is 9.47 Å². The lowest BCUT2D eigenvalue weighted by Crippen LogP contribution is -2.14. The van der Waals surface area contributed by atoms with Gasteiger partial charge >= 0.3 is 0 Å². The highest BCUT2D eigenvalue weighted by atomic mass is 16.5. The van der Waals surface area contributed by atoms with Crippen LogP contribution in [0.5, 0.6) is 23.0 Å². The summed E-state index contributed by atoms with van der Waals surface area (Å²) in [5, 5.41) is 3.76. The van der Waals surface area contributed by atoms with Crippen molar-refractivity contribution in [3.05, 3.63) is 119 Å². The predicted octanol–water partition coefficient (Wildman–Crippen LogP) is 11.9. The Balaban J connectivity index is 1.20. The van der Waals surface area contributed by atoms with Gasteiger partial charge in [-0.25, -0.2) is 0 Å². The molecule has 7 aromatic rings. The first-order valence-corrected chi connectivity index (χ1v) is 17.0. The molecule has 230 valence electrons. The molecule has 4 heterocycles. The van der Waals surface area contributed by atoms with E-state index in [-0.39, 0.29) is 0 Å². The van der Waals surface area contributed by atoms with Gasteiger partial charge < -0.3 is 18.6 Å². The Labute approximate surface area is 274 Å². The molecule has 0 fully saturated rings. The van der Waals surface area contributed by atoms with Crippen molar-refractivity contribution in [2.75, 3.05) is 0 Å². The molecule has 47 heavy (non-hydrogen) atoms. The summed E-state index contributed by atoms with van der Waals surface area (Å²) in [5.41, 5.74) is 13.7. The number of nitrogens with zero attached hydrogens (tertiary/aromatic N) is 2. The Morgan fingerprint density at radius 2 is 1.36 bits per heavy atom. The number of hydrogen-bond acceptors (Lipinski definition) is 2. The second kappa shape index (κ2) is 9.42. The molecule has 0 bridgehead atoms. The second-order valence-corrected chi connectivity index (χ2v) is 14.2. The first-order valence-electron chi connectivity index (χ1n) is 17.0. The normalized spacial score (nSPS) is 15.9. The number of benzene rings is 5. The molecule has 0 saturated carbocycles. The third kappa shape index (κ3) is 3.64. The summed E-state index contributed by atoms with van der Waals surface area (Å²) in [6.45, 7) is 11.4. The molecule has 0 saturated heterocycles. The lowest BCUT2D eigenvalue weighted by Gasteiger charge is -2.26. The molecular weight excluding hydrogens is 576 g/mol. The monoisotopic (exact) mass is 612 g/mol. The van der Waals surface area contributed by atoms with Crippen LogP contribution in [0, 0.1) is 5.92 Å². The maximum Gasteiger partial charge on any atom is 0.152 e. The third-order valence-electron chi connectivity index (χ3n) is 10.7. The van der Waals surface area contributed by atoms with Crippen LogP contribution in [0.1, 0.15) is 74.4 Å². The van der Waals surface area contributed by atoms with E-state index in [1.54, 1.807) is 0 Å². The lowest BCUT2D eigenvalue weighted by atomic mass is 9.83. The van der Waals surface area contributed by atoms with Gasteiger partial charge in [-0.15, -0.1) is 0 Å². The van der Waals surface area contributed by atoms with Gasteiger partial charge in [0, 0.05) is 27.4 Å². The van der Waals surface area contributed by atoms with Gasteiger partial charge in [-0.05, 0) is 107 Å². The molecule has 3 aliphatic rings. The molecule has 10 rings (SSSR count). The summed E-state index contributed by atoms with van der Waals surface area (Å²) in [7, 11) is 0. The van der Waals surface area contributed by atoms with Gasteiger partial charge in [0.05, 0.1) is 27.9 Å². The number of hydrogen-bond donors (Lipinski definition) is 0. The van der Waals surface area contributed by atoms with Gasteiger partial charge in [0.2, 0.25) is 0 Å². The van der Waals surface area contributed by atoms with Crippen LogP contribution in [0.25, 0.3) is 55.7 Å². The molecule has 4 heteroatoms. The van der Waals surface area contributed by atoms with Crippen molar-refractivity contribution in [2.45, 2.75) is 52.9 Å². The largest absolute Gasteiger partial charge is 0.453 e. The maximum absolute atomic E-state index is 6.73. The van der Waals surface area contributed by atoms with Gasteiger partial charge in [0.15, 0.2) is 23.0 Å². The number of allylic oxidation sites excluding steroid dienone is 1. The van der Waals surface area contributed by atoms with Crippen LogP contribution in [-0.4, -0.2) is 9.13 Å². The van der Waals surface area contributed by atoms with E-state index in [2.05, 4.69) is 135 Å². The summed E-state index contributed by atoms with van der Waals surface area (Å²) in [6, 6.07) is 33.2. The van der Waals surface area contributed by atoms with Crippen molar-refractivity contribution in [1.82, 2.24) is 9.13 Å². The van der Waals surface area contributed by atoms with E-state index >= 15 is 0 Å². The minimum atomic E-state index is 0.346. The highest BCUT2D eigenvalue weighted by molar-refractivity contribution is 6.13. The molecule has 0 N–H and O–H groups in total. The minimum Gasteiger partial charge on any atom is -0.453 e. The zero-order valence-corrected chi connectivity index (χ0v) is 27.4. The van der Waals surface area contributed by atoms with Crippen molar-refractivity contribution in [1.29, 1.82) is 0 Å². The van der Waals surface area contributed by atoms with Crippen molar-refractivity contribution >= 4 is 44.4 Å². The first-order chi connectivity index (χ1) is 22.9. The fraction of sp³-hybridized carbons (Fsp3) is 0.209. The number of fused-ring (bicyclic) bond motifs is 10. The van der Waals surface area contributed by atoms with Crippen LogP contribution in [0.2, 0.25) is 0 Å². The highest BCUT2D eigenvalue weighted by Crippen LogP contribution is 2.51. The predicted molar refractivity (Wildman–Crippen MR) is 193 cm³/mol. The maximum atomic E-state index is 6.73. The zero-order valence-electron chi connectivity index (χ0n) is 27.4. The molecule has 0 amide bonds. The standard InChI is InChI=1S/C43H36N2O2/c1-23(2)26-13-16-36-40(20-26)47-41-21-28(24(3)4)19-33-32-22-30(25(5)17-37(32)45(36)43(33)41)27-14-15-34-31(18-27)29-9-8-12-39-42(29)44(34)35-10-6-7-11-38(35)46-39/h6-16,18-25H,17H2,1-5H3. The molecule has 0 spiro atoms. The average molecular weight is 613 g/mol. The number of aromatic nitrogens is 2. The van der Waals surface area contributed by atoms with Crippen LogP contribution in [0.15, 0.2) is 91.0 Å². The molecule has 1 aliphatic carbocycles. The van der Waals surface area contributed by atoms with E-state index in [1.807, 2.05) is 6.07 Å². The van der Waals surface area contributed by atoms with Crippen molar-refractivity contribution in [3.8, 4) is 34.4 Å². The molecule has 5 aromatic carbocycles. The average Bonchev–Trinajstić information content (AvgIpc) is 3.58. The second-order valence-electron chi connectivity index (χ2n) is 14.2. The molecule has 1 atom stereocenters. The van der Waals surface area contributed by atoms with Crippen LogP contribution in [0.3, 0.4) is 0 Å². The van der Waals surface area contributed by atoms with Gasteiger partial charge in [0.25, 0.3) is 0 Å². The van der Waals surface area contributed by atoms with E-state index in [0.717, 1.165) is 46.3 Å². The topological polar surface area (TPSA) is 28.3 Å². The Hall–Kier alpha value is -5.22. The SMILES string of the molecule is CC1Cc2c(c3cc(C(C)C)cc4c3n2-c2ccc(C(C)C)cc2O4)C=C1c1ccc2c(c1)c1cccc3c1n2-c1ccccc1O3. The van der Waals surface area contributed by atoms with Gasteiger partial charge in [-0.1, -0.05) is 71.0 Å². The zero-order chi connectivity index (χ0) is 31.7. The van der Waals surface area contributed by atoms with Gasteiger partial charge in [-0.3, -0.25) is 0 Å². The molecule has 2 aliphatic heterocycles. The Kier molecular flexibility index (Phi) is 5.40. The Morgan fingerprint density at radius 3 is 2.21 bits per heavy atom. The molecular formula is C43H36N2O2. The first kappa shape index (κ1) is 26.9. The summed E-state index contributed by atoms with van der Waals surface area (Å²) in [6.07, 6.45) is 3.44. The number of para-hydroxylation sites is 3. The summed E-state index contributed by atoms with van der Waals surface area (Å²) < 4.78 is 18.0. The van der Waals surface area contributed by atoms with Crippen LogP contribution in [0.4, 0.5) is 0 Å². The molecule has 1 unspecified atom stereocenters. The van der Waals surface area contributed by atoms with Crippen LogP contribution in [-0.2, 0) is 6.42 Å². The fourth-order valence-corrected chi connectivity index (χ4v) is 8.25. The molecule has 4 nitrogen and oxygen atoms in total. The van der Waals surface area contributed by atoms with E-state index in [1.165, 1.54) is 60.7 Å². The highest BCUT2D eigenvalue weighted by Gasteiger charge is 2.32. The van der Waals surface area contributed by atoms with E-state index in [4.69, 9.17) is 9.47 Å². The summed E-state index contributed by atoms with van der Waals surface area (Å²) >= 11 is 0. The van der Waals surface area contributed by atoms with Gasteiger partial charge in [0.1, 0.15) is 0 Å². The summed E-state index contributed by atoms with van der Waals surface area (Å²) in [5.74, 6) is 4.91. The third-order valence-corrected chi connectivity index (χ3v) is 10.7. The van der Waals surface area contributed by atoms with E-state index in [0.29, 0.717) is 17.8 Å². The summed E-state index contributed by atoms with van der Waals surface area (Å²) in [4.78, 5) is 0.